The van der Waals surface area contributed by atoms with Crippen LogP contribution >= 0.6 is 0 Å². The SMILES string of the molecule is CC(C)OC(=O)c1cccnc1N1CCN(Cc2ccc(Oc3ccc(C#N)cc3)cc2)CC1. The van der Waals surface area contributed by atoms with Crippen molar-refractivity contribution in [2.75, 3.05) is 31.1 Å². The molecule has 1 aliphatic rings. The molecule has 7 heteroatoms. The molecule has 1 aromatic heterocycles. The number of rotatable bonds is 7. The summed E-state index contributed by atoms with van der Waals surface area (Å²) >= 11 is 0. The first-order valence-corrected chi connectivity index (χ1v) is 11.4. The van der Waals surface area contributed by atoms with Crippen molar-refractivity contribution in [3.8, 4) is 17.6 Å². The molecule has 0 atom stereocenters. The number of aromatic nitrogens is 1. The molecule has 0 spiro atoms. The average molecular weight is 457 g/mol. The highest BCUT2D eigenvalue weighted by Gasteiger charge is 2.23. The van der Waals surface area contributed by atoms with Gasteiger partial charge in [-0.2, -0.15) is 5.26 Å². The third kappa shape index (κ3) is 5.91. The number of anilines is 1. The molecule has 2 heterocycles. The van der Waals surface area contributed by atoms with Gasteiger partial charge in [-0.15, -0.1) is 0 Å². The molecule has 0 aliphatic carbocycles. The second-order valence-corrected chi connectivity index (χ2v) is 8.47. The van der Waals surface area contributed by atoms with Crippen LogP contribution in [0.3, 0.4) is 0 Å². The number of carbonyl (C=O) groups excluding carboxylic acids is 1. The van der Waals surface area contributed by atoms with Crippen LogP contribution in [0.5, 0.6) is 11.5 Å². The Balaban J connectivity index is 1.31. The molecule has 1 aliphatic heterocycles. The van der Waals surface area contributed by atoms with E-state index < -0.39 is 0 Å². The van der Waals surface area contributed by atoms with Gasteiger partial charge < -0.3 is 14.4 Å². The van der Waals surface area contributed by atoms with Crippen molar-refractivity contribution in [1.29, 1.82) is 5.26 Å². The molecule has 0 N–H and O–H groups in total. The number of esters is 1. The van der Waals surface area contributed by atoms with E-state index in [-0.39, 0.29) is 12.1 Å². The van der Waals surface area contributed by atoms with Crippen molar-refractivity contribution >= 4 is 11.8 Å². The quantitative estimate of drug-likeness (QED) is 0.480. The number of hydrogen-bond acceptors (Lipinski definition) is 7. The van der Waals surface area contributed by atoms with E-state index >= 15 is 0 Å². The number of ether oxygens (including phenoxy) is 2. The van der Waals surface area contributed by atoms with Crippen molar-refractivity contribution in [2.24, 2.45) is 0 Å². The number of nitriles is 1. The molecule has 7 nitrogen and oxygen atoms in total. The highest BCUT2D eigenvalue weighted by Crippen LogP contribution is 2.24. The number of nitrogens with zero attached hydrogens (tertiary/aromatic N) is 4. The van der Waals surface area contributed by atoms with Gasteiger partial charge in [-0.05, 0) is 67.9 Å². The molecule has 4 rings (SSSR count). The number of carbonyl (C=O) groups is 1. The first-order chi connectivity index (χ1) is 16.5. The Morgan fingerprint density at radius 2 is 1.65 bits per heavy atom. The normalized spacial score (nSPS) is 14.0. The van der Waals surface area contributed by atoms with Crippen molar-refractivity contribution in [1.82, 2.24) is 9.88 Å². The van der Waals surface area contributed by atoms with E-state index in [9.17, 15) is 4.79 Å². The van der Waals surface area contributed by atoms with Gasteiger partial charge in [0.15, 0.2) is 0 Å². The zero-order valence-electron chi connectivity index (χ0n) is 19.5. The first kappa shape index (κ1) is 23.3. The summed E-state index contributed by atoms with van der Waals surface area (Å²) in [4.78, 5) is 21.5. The summed E-state index contributed by atoms with van der Waals surface area (Å²) in [6, 6.07) is 20.8. The van der Waals surface area contributed by atoms with E-state index in [1.807, 2.05) is 26.0 Å². The highest BCUT2D eigenvalue weighted by molar-refractivity contribution is 5.94. The van der Waals surface area contributed by atoms with Crippen LogP contribution in [0.25, 0.3) is 0 Å². The van der Waals surface area contributed by atoms with E-state index in [1.165, 1.54) is 5.56 Å². The fourth-order valence-corrected chi connectivity index (χ4v) is 3.86. The molecular formula is C27H28N4O3. The van der Waals surface area contributed by atoms with Gasteiger partial charge >= 0.3 is 5.97 Å². The third-order valence-electron chi connectivity index (χ3n) is 5.57. The summed E-state index contributed by atoms with van der Waals surface area (Å²) in [5, 5.41) is 8.90. The van der Waals surface area contributed by atoms with Crippen LogP contribution in [0, 0.1) is 11.3 Å². The predicted octanol–water partition coefficient (Wildman–Crippen LogP) is 4.63. The minimum atomic E-state index is -0.330. The number of hydrogen-bond donors (Lipinski definition) is 0. The highest BCUT2D eigenvalue weighted by atomic mass is 16.5. The van der Waals surface area contributed by atoms with Crippen molar-refractivity contribution in [3.05, 3.63) is 83.6 Å². The Bertz CT molecular complexity index is 1150. The molecule has 0 bridgehead atoms. The van der Waals surface area contributed by atoms with Crippen LogP contribution in [-0.2, 0) is 11.3 Å². The number of piperazine rings is 1. The Hall–Kier alpha value is -3.89. The van der Waals surface area contributed by atoms with E-state index in [0.717, 1.165) is 38.5 Å². The predicted molar refractivity (Wildman–Crippen MR) is 130 cm³/mol. The maximum absolute atomic E-state index is 12.5. The molecule has 1 fully saturated rings. The Labute approximate surface area is 200 Å². The number of pyridine rings is 1. The lowest BCUT2D eigenvalue weighted by molar-refractivity contribution is 0.0378. The van der Waals surface area contributed by atoms with Gasteiger partial charge in [-0.25, -0.2) is 9.78 Å². The molecule has 3 aromatic rings. The van der Waals surface area contributed by atoms with Crippen LogP contribution in [-0.4, -0.2) is 48.1 Å². The standard InChI is InChI=1S/C27H28N4O3/c1-20(2)33-27(32)25-4-3-13-29-26(25)31-16-14-30(15-17-31)19-22-7-11-24(12-8-22)34-23-9-5-21(18-28)6-10-23/h3-13,20H,14-17,19H2,1-2H3. The van der Waals surface area contributed by atoms with Crippen LogP contribution in [0.2, 0.25) is 0 Å². The van der Waals surface area contributed by atoms with Crippen molar-refractivity contribution in [2.45, 2.75) is 26.5 Å². The van der Waals surface area contributed by atoms with Gasteiger partial charge in [-0.3, -0.25) is 4.90 Å². The monoisotopic (exact) mass is 456 g/mol. The van der Waals surface area contributed by atoms with Gasteiger partial charge in [0.05, 0.1) is 17.7 Å². The summed E-state index contributed by atoms with van der Waals surface area (Å²) in [5.41, 5.74) is 2.33. The summed E-state index contributed by atoms with van der Waals surface area (Å²) in [7, 11) is 0. The van der Waals surface area contributed by atoms with Crippen LogP contribution in [0.4, 0.5) is 5.82 Å². The molecule has 0 unspecified atom stereocenters. The van der Waals surface area contributed by atoms with E-state index in [2.05, 4.69) is 33.0 Å². The van der Waals surface area contributed by atoms with E-state index in [4.69, 9.17) is 14.7 Å². The lowest BCUT2D eigenvalue weighted by Gasteiger charge is -2.36. The largest absolute Gasteiger partial charge is 0.459 e. The molecular weight excluding hydrogens is 428 g/mol. The summed E-state index contributed by atoms with van der Waals surface area (Å²) < 4.78 is 11.3. The molecule has 1 saturated heterocycles. The second kappa shape index (κ2) is 10.8. The zero-order valence-corrected chi connectivity index (χ0v) is 19.5. The third-order valence-corrected chi connectivity index (χ3v) is 5.57. The van der Waals surface area contributed by atoms with Crippen molar-refractivity contribution < 1.29 is 14.3 Å². The minimum absolute atomic E-state index is 0.168. The van der Waals surface area contributed by atoms with Crippen molar-refractivity contribution in [3.63, 3.8) is 0 Å². The van der Waals surface area contributed by atoms with E-state index in [1.54, 1.807) is 42.6 Å². The smallest absolute Gasteiger partial charge is 0.342 e. The molecule has 0 radical (unpaired) electrons. The van der Waals surface area contributed by atoms with Crippen LogP contribution < -0.4 is 9.64 Å². The Morgan fingerprint density at radius 3 is 2.26 bits per heavy atom. The number of benzene rings is 2. The average Bonchev–Trinajstić information content (AvgIpc) is 2.86. The summed E-state index contributed by atoms with van der Waals surface area (Å²) in [6.45, 7) is 7.86. The molecule has 2 aromatic carbocycles. The van der Waals surface area contributed by atoms with Crippen LogP contribution in [0.15, 0.2) is 66.9 Å². The Kier molecular flexibility index (Phi) is 7.41. The topological polar surface area (TPSA) is 78.7 Å². The first-order valence-electron chi connectivity index (χ1n) is 11.4. The second-order valence-electron chi connectivity index (χ2n) is 8.47. The fourth-order valence-electron chi connectivity index (χ4n) is 3.86. The van der Waals surface area contributed by atoms with Gasteiger partial charge in [-0.1, -0.05) is 12.1 Å². The van der Waals surface area contributed by atoms with Crippen LogP contribution in [0.1, 0.15) is 35.3 Å². The van der Waals surface area contributed by atoms with Gasteiger partial charge in [0.25, 0.3) is 0 Å². The summed E-state index contributed by atoms with van der Waals surface area (Å²) in [6.07, 6.45) is 1.55. The van der Waals surface area contributed by atoms with Gasteiger partial charge in [0, 0.05) is 38.9 Å². The Morgan fingerprint density at radius 1 is 1.00 bits per heavy atom. The summed E-state index contributed by atoms with van der Waals surface area (Å²) in [5.74, 6) is 1.82. The zero-order chi connectivity index (χ0) is 23.9. The van der Waals surface area contributed by atoms with Gasteiger partial charge in [0.1, 0.15) is 22.9 Å². The maximum atomic E-state index is 12.5. The molecule has 174 valence electrons. The van der Waals surface area contributed by atoms with Gasteiger partial charge in [0.2, 0.25) is 0 Å². The fraction of sp³-hybridized carbons (Fsp3) is 0.296. The lowest BCUT2D eigenvalue weighted by Crippen LogP contribution is -2.46. The molecule has 0 saturated carbocycles. The lowest BCUT2D eigenvalue weighted by atomic mass is 10.1. The van der Waals surface area contributed by atoms with E-state index in [0.29, 0.717) is 22.7 Å². The molecule has 0 amide bonds. The minimum Gasteiger partial charge on any atom is -0.459 e. The molecule has 34 heavy (non-hydrogen) atoms. The maximum Gasteiger partial charge on any atom is 0.342 e.